The van der Waals surface area contributed by atoms with Gasteiger partial charge in [-0.05, 0) is 37.5 Å². The molecule has 1 aliphatic carbocycles. The van der Waals surface area contributed by atoms with Gasteiger partial charge in [0, 0.05) is 35.7 Å². The van der Waals surface area contributed by atoms with Crippen molar-refractivity contribution in [3.63, 3.8) is 0 Å². The van der Waals surface area contributed by atoms with Crippen LogP contribution in [-0.2, 0) is 21.1 Å². The molecule has 1 aromatic carbocycles. The summed E-state index contributed by atoms with van der Waals surface area (Å²) in [5.41, 5.74) is 0.355. The zero-order valence-corrected chi connectivity index (χ0v) is 16.9. The fourth-order valence-electron chi connectivity index (χ4n) is 4.62. The largest absolute Gasteiger partial charge is 0.416 e. The van der Waals surface area contributed by atoms with Crippen LogP contribution < -0.4 is 15.2 Å². The zero-order chi connectivity index (χ0) is 21.5. The van der Waals surface area contributed by atoms with E-state index >= 15 is 0 Å². The quantitative estimate of drug-likeness (QED) is 0.666. The number of benzene rings is 1. The summed E-state index contributed by atoms with van der Waals surface area (Å²) in [4.78, 5) is 0. The van der Waals surface area contributed by atoms with E-state index in [2.05, 4.69) is 22.2 Å². The summed E-state index contributed by atoms with van der Waals surface area (Å²) in [6.45, 7) is -0.0134. The van der Waals surface area contributed by atoms with Gasteiger partial charge in [-0.1, -0.05) is 24.3 Å². The van der Waals surface area contributed by atoms with Gasteiger partial charge in [-0.2, -0.15) is 26.3 Å². The van der Waals surface area contributed by atoms with E-state index in [9.17, 15) is 21.6 Å². The Bertz CT molecular complexity index is 962. The second kappa shape index (κ2) is 7.99. The van der Waals surface area contributed by atoms with Gasteiger partial charge in [-0.3, -0.25) is 0 Å². The van der Waals surface area contributed by atoms with Crippen LogP contribution in [-0.4, -0.2) is 27.1 Å². The highest BCUT2D eigenvalue weighted by molar-refractivity contribution is 7.87. The topological polar surface area (TPSA) is 93.5 Å². The van der Waals surface area contributed by atoms with Crippen molar-refractivity contribution >= 4 is 15.9 Å². The van der Waals surface area contributed by atoms with Gasteiger partial charge >= 0.3 is 6.18 Å². The summed E-state index contributed by atoms with van der Waals surface area (Å²) in [7, 11) is -3.88. The van der Waals surface area contributed by atoms with Gasteiger partial charge in [0.05, 0.1) is 17.8 Å². The second-order valence-electron chi connectivity index (χ2n) is 8.00. The molecule has 10 heteroatoms. The molecule has 0 saturated carbocycles. The van der Waals surface area contributed by atoms with E-state index in [0.717, 1.165) is 18.6 Å². The first-order valence-corrected chi connectivity index (χ1v) is 11.4. The Morgan fingerprint density at radius 1 is 1.23 bits per heavy atom. The fraction of sp³-hybridized carbons (Fsp3) is 0.500. The van der Waals surface area contributed by atoms with Crippen LogP contribution in [0.4, 0.5) is 18.9 Å². The van der Waals surface area contributed by atoms with Gasteiger partial charge in [-0.25, -0.2) is 5.14 Å². The highest BCUT2D eigenvalue weighted by Gasteiger charge is 2.45. The highest BCUT2D eigenvalue weighted by atomic mass is 32.2. The van der Waals surface area contributed by atoms with Crippen LogP contribution in [0, 0.1) is 11.8 Å². The number of halogens is 3. The normalized spacial score (nSPS) is 31.0. The summed E-state index contributed by atoms with van der Waals surface area (Å²) in [6.07, 6.45) is 4.78. The molecule has 0 spiro atoms. The maximum Gasteiger partial charge on any atom is 0.416 e. The molecule has 4 N–H and O–H groups in total. The minimum Gasteiger partial charge on any atom is -0.381 e. The molecule has 0 bridgehead atoms. The van der Waals surface area contributed by atoms with Crippen molar-refractivity contribution in [2.45, 2.75) is 43.7 Å². The number of allylic oxidation sites excluding steroid dienone is 3. The van der Waals surface area contributed by atoms with Gasteiger partial charge in [0.2, 0.25) is 0 Å². The molecule has 4 rings (SSSR count). The van der Waals surface area contributed by atoms with Gasteiger partial charge < -0.3 is 10.1 Å². The number of nitrogens with one attached hydrogen (secondary N) is 2. The first-order chi connectivity index (χ1) is 14.1. The number of anilines is 1. The number of nitrogens with two attached hydrogens (primary N) is 1. The van der Waals surface area contributed by atoms with Crippen molar-refractivity contribution in [3.8, 4) is 0 Å². The van der Waals surface area contributed by atoms with Crippen LogP contribution in [0.5, 0.6) is 0 Å². The van der Waals surface area contributed by atoms with E-state index in [4.69, 9.17) is 9.88 Å². The Balaban J connectivity index is 1.65. The lowest BCUT2D eigenvalue weighted by Crippen LogP contribution is -2.49. The zero-order valence-electron chi connectivity index (χ0n) is 16.1. The lowest BCUT2D eigenvalue weighted by molar-refractivity contribution is -0.138. The Morgan fingerprint density at radius 2 is 2.03 bits per heavy atom. The van der Waals surface area contributed by atoms with Gasteiger partial charge in [0.1, 0.15) is 0 Å². The summed E-state index contributed by atoms with van der Waals surface area (Å²) >= 11 is 0. The van der Waals surface area contributed by atoms with Crippen LogP contribution in [0.1, 0.15) is 36.5 Å². The van der Waals surface area contributed by atoms with Crippen molar-refractivity contribution in [1.82, 2.24) is 4.72 Å². The summed E-state index contributed by atoms with van der Waals surface area (Å²) in [6, 6.07) is 3.68. The maximum absolute atomic E-state index is 13.3. The van der Waals surface area contributed by atoms with Crippen molar-refractivity contribution in [2.75, 3.05) is 11.9 Å². The SMILES string of the molecule is NS(=O)(=O)NC[C@H]1CC[C@@H]2[C@H](O1)c1cc(C(F)(F)F)ccc1N[C@H]2C1C=CC=CC1. The molecule has 0 aromatic heterocycles. The average molecular weight is 443 g/mol. The standard InChI is InChI=1S/C20H24F3N3O3S/c21-20(22,23)13-6-9-17-16(10-13)19-15(18(26-17)12-4-2-1-3-5-12)8-7-14(29-19)11-25-30(24,27)28/h1-4,6,9-10,12,14-15,18-19,25-26H,5,7-8,11H2,(H2,24,27,28)/t12?,14-,15+,18+,19+/m1/s1. The van der Waals surface area contributed by atoms with Gasteiger partial charge in [0.15, 0.2) is 0 Å². The molecule has 1 aromatic rings. The van der Waals surface area contributed by atoms with Gasteiger partial charge in [0.25, 0.3) is 10.2 Å². The van der Waals surface area contributed by atoms with Crippen molar-refractivity contribution in [3.05, 3.63) is 53.6 Å². The Labute approximate surface area is 173 Å². The monoisotopic (exact) mass is 443 g/mol. The predicted octanol–water partition coefficient (Wildman–Crippen LogP) is 3.26. The van der Waals surface area contributed by atoms with Gasteiger partial charge in [-0.15, -0.1) is 0 Å². The molecule has 5 atom stereocenters. The van der Waals surface area contributed by atoms with E-state index in [-0.39, 0.29) is 24.4 Å². The Morgan fingerprint density at radius 3 is 2.70 bits per heavy atom. The molecule has 1 fully saturated rings. The minimum absolute atomic E-state index is 0.00703. The van der Waals surface area contributed by atoms with E-state index in [0.29, 0.717) is 24.1 Å². The first kappa shape index (κ1) is 21.4. The smallest absolute Gasteiger partial charge is 0.381 e. The van der Waals surface area contributed by atoms with E-state index < -0.39 is 34.2 Å². The average Bonchev–Trinajstić information content (AvgIpc) is 2.70. The molecule has 1 unspecified atom stereocenters. The summed E-state index contributed by atoms with van der Waals surface area (Å²) in [5, 5.41) is 8.46. The third-order valence-electron chi connectivity index (χ3n) is 6.01. The minimum atomic E-state index is -4.46. The number of fused-ring (bicyclic) bond motifs is 3. The highest BCUT2D eigenvalue weighted by Crippen LogP contribution is 2.49. The van der Waals surface area contributed by atoms with E-state index in [1.54, 1.807) is 0 Å². The number of alkyl halides is 3. The molecule has 6 nitrogen and oxygen atoms in total. The third-order valence-corrected chi connectivity index (χ3v) is 6.58. The van der Waals surface area contributed by atoms with E-state index in [1.807, 2.05) is 12.2 Å². The first-order valence-electron chi connectivity index (χ1n) is 9.86. The number of hydrogen-bond donors (Lipinski definition) is 3. The molecule has 0 amide bonds. The van der Waals surface area contributed by atoms with Crippen LogP contribution in [0.25, 0.3) is 0 Å². The molecule has 2 heterocycles. The predicted molar refractivity (Wildman–Crippen MR) is 107 cm³/mol. The van der Waals surface area contributed by atoms with Crippen LogP contribution in [0.15, 0.2) is 42.5 Å². The molecular formula is C20H24F3N3O3S. The second-order valence-corrected chi connectivity index (χ2v) is 9.37. The molecule has 2 aliphatic heterocycles. The molecular weight excluding hydrogens is 419 g/mol. The summed E-state index contributed by atoms with van der Waals surface area (Å²) in [5.74, 6) is 0.161. The lowest BCUT2D eigenvalue weighted by atomic mass is 9.73. The van der Waals surface area contributed by atoms with Crippen molar-refractivity contribution in [1.29, 1.82) is 0 Å². The maximum atomic E-state index is 13.3. The van der Waals surface area contributed by atoms with E-state index in [1.165, 1.54) is 6.07 Å². The molecule has 30 heavy (non-hydrogen) atoms. The lowest BCUT2D eigenvalue weighted by Gasteiger charge is -2.47. The van der Waals surface area contributed by atoms with Crippen molar-refractivity contribution < 1.29 is 26.3 Å². The van der Waals surface area contributed by atoms with Crippen molar-refractivity contribution in [2.24, 2.45) is 17.0 Å². The molecule has 164 valence electrons. The number of ether oxygens (including phenoxy) is 1. The molecule has 3 aliphatic rings. The van der Waals surface area contributed by atoms with Crippen LogP contribution in [0.3, 0.4) is 0 Å². The Kier molecular flexibility index (Phi) is 5.69. The molecule has 0 radical (unpaired) electrons. The van der Waals surface area contributed by atoms with Crippen LogP contribution >= 0.6 is 0 Å². The van der Waals surface area contributed by atoms with Crippen LogP contribution in [0.2, 0.25) is 0 Å². The summed E-state index contributed by atoms with van der Waals surface area (Å²) < 4.78 is 70.8. The Hall–Kier alpha value is -1.88. The third kappa shape index (κ3) is 4.56. The number of rotatable bonds is 4. The number of hydrogen-bond acceptors (Lipinski definition) is 4. The fourth-order valence-corrected chi connectivity index (χ4v) is 5.04. The molecule has 1 saturated heterocycles.